The van der Waals surface area contributed by atoms with E-state index in [0.29, 0.717) is 57.7 Å². The SMILES string of the molecule is CCCC(=O)O/N=C(\C)c1cc2ccc(SC)cc2oc1=O.COc1cc([N+](=O)[O-])c2cc(/C(=N/OC(C)=O)c3ccccc3)c(=O)oc2c1.COc1ccc2cc(/C(=N/OC(=O)c3ccccc3)C(C)C)c(=O)oc2c1. The van der Waals surface area contributed by atoms with E-state index in [1.54, 1.807) is 110 Å². The zero-order valence-corrected chi connectivity index (χ0v) is 43.7. The molecule has 0 unspecified atom stereocenters. The maximum Gasteiger partial charge on any atom is 0.365 e. The Morgan fingerprint density at radius 2 is 1.21 bits per heavy atom. The molecular formula is C56H50N4O16S. The average molecular weight is 1070 g/mol. The first kappa shape index (κ1) is 56.8. The lowest BCUT2D eigenvalue weighted by Crippen LogP contribution is -2.20. The molecule has 0 radical (unpaired) electrons. The number of nitro groups is 1. The normalized spacial score (nSPS) is 11.5. The van der Waals surface area contributed by atoms with Crippen molar-refractivity contribution in [3.8, 4) is 11.5 Å². The minimum atomic E-state index is -0.801. The maximum absolute atomic E-state index is 12.6. The summed E-state index contributed by atoms with van der Waals surface area (Å²) >= 11 is 1.57. The zero-order valence-electron chi connectivity index (χ0n) is 42.8. The second-order valence-electron chi connectivity index (χ2n) is 16.6. The fourth-order valence-electron chi connectivity index (χ4n) is 7.04. The van der Waals surface area contributed by atoms with E-state index in [0.717, 1.165) is 17.2 Å². The number of hydrogen-bond donors (Lipinski definition) is 0. The molecule has 21 heteroatoms. The third-order valence-corrected chi connectivity index (χ3v) is 11.6. The molecule has 77 heavy (non-hydrogen) atoms. The van der Waals surface area contributed by atoms with Gasteiger partial charge < -0.3 is 37.2 Å². The first-order valence-electron chi connectivity index (χ1n) is 23.4. The van der Waals surface area contributed by atoms with Crippen molar-refractivity contribution in [2.45, 2.75) is 52.4 Å². The van der Waals surface area contributed by atoms with Gasteiger partial charge in [-0.3, -0.25) is 10.1 Å². The molecule has 0 spiro atoms. The van der Waals surface area contributed by atoms with Gasteiger partial charge in [-0.15, -0.1) is 11.8 Å². The number of ether oxygens (including phenoxy) is 2. The summed E-state index contributed by atoms with van der Waals surface area (Å²) in [5, 5.41) is 24.5. The van der Waals surface area contributed by atoms with Gasteiger partial charge in [0.2, 0.25) is 0 Å². The van der Waals surface area contributed by atoms with Crippen LogP contribution in [0.15, 0.2) is 175 Å². The number of rotatable bonds is 15. The molecule has 20 nitrogen and oxygen atoms in total. The van der Waals surface area contributed by atoms with Crippen molar-refractivity contribution in [2.75, 3.05) is 20.5 Å². The highest BCUT2D eigenvalue weighted by Gasteiger charge is 2.23. The van der Waals surface area contributed by atoms with Crippen LogP contribution in [-0.2, 0) is 24.1 Å². The number of carbonyl (C=O) groups is 3. The van der Waals surface area contributed by atoms with Gasteiger partial charge in [0.05, 0.1) is 64.3 Å². The van der Waals surface area contributed by atoms with Gasteiger partial charge in [0.1, 0.15) is 34.0 Å². The van der Waals surface area contributed by atoms with Crippen LogP contribution in [0.5, 0.6) is 11.5 Å². The van der Waals surface area contributed by atoms with Crippen molar-refractivity contribution in [2.24, 2.45) is 21.4 Å². The van der Waals surface area contributed by atoms with Gasteiger partial charge in [-0.25, -0.2) is 28.8 Å². The van der Waals surface area contributed by atoms with Gasteiger partial charge in [-0.1, -0.05) is 90.8 Å². The molecule has 0 saturated heterocycles. The van der Waals surface area contributed by atoms with Crippen molar-refractivity contribution < 1.29 is 56.5 Å². The van der Waals surface area contributed by atoms with Crippen LogP contribution >= 0.6 is 11.8 Å². The molecule has 0 aliphatic rings. The Bertz CT molecular complexity index is 3750. The van der Waals surface area contributed by atoms with Crippen LogP contribution in [0.2, 0.25) is 0 Å². The highest BCUT2D eigenvalue weighted by atomic mass is 32.2. The summed E-state index contributed by atoms with van der Waals surface area (Å²) < 4.78 is 26.2. The molecule has 8 aromatic rings. The lowest BCUT2D eigenvalue weighted by Gasteiger charge is -2.10. The second kappa shape index (κ2) is 26.6. The molecular weight excluding hydrogens is 1020 g/mol. The molecule has 0 N–H and O–H groups in total. The number of nitro benzene ring substituents is 1. The van der Waals surface area contributed by atoms with Crippen molar-refractivity contribution in [1.29, 1.82) is 0 Å². The Hall–Kier alpha value is -9.50. The first-order valence-corrected chi connectivity index (χ1v) is 24.6. The largest absolute Gasteiger partial charge is 0.497 e. The van der Waals surface area contributed by atoms with Crippen LogP contribution < -0.4 is 26.4 Å². The summed E-state index contributed by atoms with van der Waals surface area (Å²) in [7, 11) is 2.88. The van der Waals surface area contributed by atoms with Gasteiger partial charge in [-0.2, -0.15) is 0 Å². The van der Waals surface area contributed by atoms with E-state index >= 15 is 0 Å². The van der Waals surface area contributed by atoms with E-state index in [-0.39, 0.29) is 50.7 Å². The van der Waals surface area contributed by atoms with Crippen molar-refractivity contribution >= 4 is 85.4 Å². The van der Waals surface area contributed by atoms with Crippen LogP contribution in [-0.4, -0.2) is 60.4 Å². The predicted octanol–water partition coefficient (Wildman–Crippen LogP) is 10.6. The van der Waals surface area contributed by atoms with Crippen LogP contribution in [0.3, 0.4) is 0 Å². The molecule has 0 bridgehead atoms. The number of benzene rings is 5. The molecule has 0 atom stereocenters. The Morgan fingerprint density at radius 3 is 1.81 bits per heavy atom. The van der Waals surface area contributed by atoms with E-state index in [4.69, 9.17) is 37.2 Å². The molecule has 396 valence electrons. The zero-order chi connectivity index (χ0) is 55.8. The van der Waals surface area contributed by atoms with Crippen LogP contribution in [0.4, 0.5) is 5.69 Å². The number of thioether (sulfide) groups is 1. The van der Waals surface area contributed by atoms with Crippen LogP contribution in [0.25, 0.3) is 32.9 Å². The van der Waals surface area contributed by atoms with E-state index in [2.05, 4.69) is 15.5 Å². The molecule has 8 rings (SSSR count). The fraction of sp³-hybridized carbons (Fsp3) is 0.196. The van der Waals surface area contributed by atoms with Crippen LogP contribution in [0.1, 0.15) is 80.1 Å². The third-order valence-electron chi connectivity index (χ3n) is 10.9. The molecule has 3 aromatic heterocycles. The Kier molecular flexibility index (Phi) is 19.6. The predicted molar refractivity (Wildman–Crippen MR) is 289 cm³/mol. The summed E-state index contributed by atoms with van der Waals surface area (Å²) in [5.74, 6) is -1.10. The lowest BCUT2D eigenvalue weighted by atomic mass is 10.0. The van der Waals surface area contributed by atoms with E-state index in [1.165, 1.54) is 32.4 Å². The van der Waals surface area contributed by atoms with Gasteiger partial charge in [0.15, 0.2) is 0 Å². The van der Waals surface area contributed by atoms with Crippen molar-refractivity contribution in [1.82, 2.24) is 0 Å². The topological polar surface area (TPSA) is 268 Å². The first-order chi connectivity index (χ1) is 36.9. The van der Waals surface area contributed by atoms with Gasteiger partial charge in [-0.05, 0) is 80.1 Å². The lowest BCUT2D eigenvalue weighted by molar-refractivity contribution is -0.383. The van der Waals surface area contributed by atoms with Crippen molar-refractivity contribution in [3.63, 3.8) is 0 Å². The van der Waals surface area contributed by atoms with E-state index in [1.807, 2.05) is 45.2 Å². The summed E-state index contributed by atoms with van der Waals surface area (Å²) in [5.41, 5.74) is 0.709. The van der Waals surface area contributed by atoms with E-state index < -0.39 is 39.7 Å². The summed E-state index contributed by atoms with van der Waals surface area (Å²) in [6.45, 7) is 8.35. The monoisotopic (exact) mass is 1070 g/mol. The highest BCUT2D eigenvalue weighted by molar-refractivity contribution is 7.98. The van der Waals surface area contributed by atoms with Crippen LogP contribution in [0, 0.1) is 16.0 Å². The highest BCUT2D eigenvalue weighted by Crippen LogP contribution is 2.31. The number of nitrogens with zero attached hydrogens (tertiary/aromatic N) is 4. The number of carbonyl (C=O) groups excluding carboxylic acids is 3. The minimum absolute atomic E-state index is 0.0107. The maximum atomic E-state index is 12.6. The Labute approximate surface area is 442 Å². The third kappa shape index (κ3) is 14.8. The second-order valence-corrected chi connectivity index (χ2v) is 17.5. The Balaban J connectivity index is 0.000000189. The quantitative estimate of drug-likeness (QED) is 0.0230. The summed E-state index contributed by atoms with van der Waals surface area (Å²) in [4.78, 5) is 98.1. The number of methoxy groups -OCH3 is 2. The number of hydrogen-bond acceptors (Lipinski definition) is 20. The fourth-order valence-corrected chi connectivity index (χ4v) is 7.47. The smallest absolute Gasteiger partial charge is 0.365 e. The molecule has 3 heterocycles. The van der Waals surface area contributed by atoms with Gasteiger partial charge >= 0.3 is 34.8 Å². The van der Waals surface area contributed by atoms with Gasteiger partial charge in [0, 0.05) is 46.7 Å². The van der Waals surface area contributed by atoms with Crippen molar-refractivity contribution in [3.05, 3.63) is 197 Å². The number of oxime groups is 3. The molecule has 0 aliphatic carbocycles. The van der Waals surface area contributed by atoms with Gasteiger partial charge in [0.25, 0.3) is 5.69 Å². The number of fused-ring (bicyclic) bond motifs is 3. The standard InChI is InChI=1S/C21H19NO5.C19H14N2O7.C16H17NO4S/c1-13(2)19(22-27-20(23)14-7-5-4-6-8-14)17-11-15-9-10-16(25-3)12-18(15)26-21(17)24;1-11(22)28-20-18(12-6-4-3-5-7-12)15-10-14-16(21(24)25)8-13(26-2)9-17(14)27-19(15)23;1-4-5-15(18)21-17-10(2)13-8-11-6-7-12(22-3)9-14(11)20-16(13)19/h4-13H,1-3H3;3-10H,1-2H3;6-9H,4-5H2,1-3H3/b22-19+;20-18+;17-10+. The molecule has 0 amide bonds. The molecule has 0 fully saturated rings. The molecule has 5 aromatic carbocycles. The average Bonchev–Trinajstić information content (AvgIpc) is 3.43. The summed E-state index contributed by atoms with van der Waals surface area (Å²) in [6, 6.07) is 35.1. The Morgan fingerprint density at radius 1 is 0.636 bits per heavy atom. The minimum Gasteiger partial charge on any atom is -0.497 e. The molecule has 0 saturated carbocycles. The van der Waals surface area contributed by atoms with E-state index in [9.17, 15) is 38.9 Å². The number of non-ortho nitro benzene ring substituents is 1. The summed E-state index contributed by atoms with van der Waals surface area (Å²) in [6.07, 6.45) is 2.93. The molecule has 0 aliphatic heterocycles.